The van der Waals surface area contributed by atoms with Crippen LogP contribution in [0.4, 0.5) is 0 Å². The number of carbonyl (C=O) groups excluding carboxylic acids is 1. The van der Waals surface area contributed by atoms with Crippen LogP contribution >= 0.6 is 0 Å². The fraction of sp³-hybridized carbons (Fsp3) is 0.458. The molecule has 4 nitrogen and oxygen atoms in total. The van der Waals surface area contributed by atoms with Crippen molar-refractivity contribution in [1.82, 2.24) is 4.90 Å². The Morgan fingerprint density at radius 2 is 1.75 bits per heavy atom. The standard InChI is InChI=1S/C24H31NO3/c1-25(15-13-18-8-5-4-6-9-18)14-7-10-19-11-12-20-16-22(27-2)23(28-3)17-21(20)24(19)26/h4-6,8-9,16-17,19H,7,10-15H2,1-3H3. The summed E-state index contributed by atoms with van der Waals surface area (Å²) in [6, 6.07) is 14.4. The van der Waals surface area contributed by atoms with Crippen molar-refractivity contribution in [2.45, 2.75) is 32.1 Å². The summed E-state index contributed by atoms with van der Waals surface area (Å²) in [5.41, 5.74) is 3.27. The maximum atomic E-state index is 13.0. The van der Waals surface area contributed by atoms with Crippen molar-refractivity contribution in [2.75, 3.05) is 34.4 Å². The Labute approximate surface area is 168 Å². The molecule has 28 heavy (non-hydrogen) atoms. The van der Waals surface area contributed by atoms with E-state index in [0.717, 1.165) is 56.3 Å². The van der Waals surface area contributed by atoms with Gasteiger partial charge in [0, 0.05) is 18.0 Å². The second kappa shape index (κ2) is 9.74. The van der Waals surface area contributed by atoms with E-state index < -0.39 is 0 Å². The number of methoxy groups -OCH3 is 2. The smallest absolute Gasteiger partial charge is 0.166 e. The van der Waals surface area contributed by atoms with Gasteiger partial charge in [0.05, 0.1) is 14.2 Å². The maximum Gasteiger partial charge on any atom is 0.166 e. The Morgan fingerprint density at radius 1 is 1.04 bits per heavy atom. The molecular formula is C24H31NO3. The van der Waals surface area contributed by atoms with Gasteiger partial charge < -0.3 is 14.4 Å². The van der Waals surface area contributed by atoms with Gasteiger partial charge in [0.1, 0.15) is 0 Å². The third-order valence-electron chi connectivity index (χ3n) is 5.73. The number of ether oxygens (including phenoxy) is 2. The zero-order chi connectivity index (χ0) is 19.9. The summed E-state index contributed by atoms with van der Waals surface area (Å²) in [7, 11) is 5.41. The molecule has 1 aliphatic rings. The fourth-order valence-electron chi connectivity index (χ4n) is 4.00. The highest BCUT2D eigenvalue weighted by atomic mass is 16.5. The second-order valence-corrected chi connectivity index (χ2v) is 7.65. The minimum atomic E-state index is 0.119. The van der Waals surface area contributed by atoms with Gasteiger partial charge in [0.15, 0.2) is 17.3 Å². The van der Waals surface area contributed by atoms with Crippen molar-refractivity contribution in [3.63, 3.8) is 0 Å². The molecule has 0 radical (unpaired) electrons. The zero-order valence-corrected chi connectivity index (χ0v) is 17.2. The van der Waals surface area contributed by atoms with Crippen LogP contribution in [0.1, 0.15) is 40.7 Å². The molecule has 4 heteroatoms. The van der Waals surface area contributed by atoms with Gasteiger partial charge >= 0.3 is 0 Å². The third-order valence-corrected chi connectivity index (χ3v) is 5.73. The molecular weight excluding hydrogens is 350 g/mol. The molecule has 0 fully saturated rings. The van der Waals surface area contributed by atoms with Crippen LogP contribution in [0.15, 0.2) is 42.5 Å². The van der Waals surface area contributed by atoms with Gasteiger partial charge in [-0.15, -0.1) is 0 Å². The molecule has 0 bridgehead atoms. The number of hydrogen-bond acceptors (Lipinski definition) is 4. The monoisotopic (exact) mass is 381 g/mol. The summed E-state index contributed by atoms with van der Waals surface area (Å²) in [6.07, 6.45) is 4.91. The first-order valence-electron chi connectivity index (χ1n) is 10.1. The number of ketones is 1. The summed E-state index contributed by atoms with van der Waals surface area (Å²) in [5, 5.41) is 0. The summed E-state index contributed by atoms with van der Waals surface area (Å²) >= 11 is 0. The molecule has 1 unspecified atom stereocenters. The topological polar surface area (TPSA) is 38.8 Å². The molecule has 0 heterocycles. The average Bonchev–Trinajstić information content (AvgIpc) is 2.73. The zero-order valence-electron chi connectivity index (χ0n) is 17.2. The van der Waals surface area contributed by atoms with E-state index in [4.69, 9.17) is 9.47 Å². The van der Waals surface area contributed by atoms with Gasteiger partial charge in [-0.3, -0.25) is 4.79 Å². The van der Waals surface area contributed by atoms with Crippen LogP contribution in [0, 0.1) is 5.92 Å². The van der Waals surface area contributed by atoms with E-state index in [2.05, 4.69) is 42.3 Å². The molecule has 2 aromatic carbocycles. The average molecular weight is 382 g/mol. The van der Waals surface area contributed by atoms with Crippen LogP contribution in [0.25, 0.3) is 0 Å². The van der Waals surface area contributed by atoms with E-state index in [1.165, 1.54) is 5.56 Å². The molecule has 1 atom stereocenters. The lowest BCUT2D eigenvalue weighted by Gasteiger charge is -2.25. The van der Waals surface area contributed by atoms with Crippen LogP contribution in [0.2, 0.25) is 0 Å². The van der Waals surface area contributed by atoms with Gasteiger partial charge in [0.25, 0.3) is 0 Å². The van der Waals surface area contributed by atoms with Crippen molar-refractivity contribution >= 4 is 5.78 Å². The minimum Gasteiger partial charge on any atom is -0.493 e. The van der Waals surface area contributed by atoms with Crippen molar-refractivity contribution < 1.29 is 14.3 Å². The number of Topliss-reactive ketones (excluding diaryl/α,β-unsaturated/α-hetero) is 1. The van der Waals surface area contributed by atoms with E-state index in [1.54, 1.807) is 14.2 Å². The normalized spacial score (nSPS) is 16.1. The summed E-state index contributed by atoms with van der Waals surface area (Å²) in [4.78, 5) is 15.3. The third kappa shape index (κ3) is 4.93. The number of hydrogen-bond donors (Lipinski definition) is 0. The molecule has 0 aliphatic heterocycles. The molecule has 3 rings (SSSR count). The van der Waals surface area contributed by atoms with Crippen LogP contribution in [0.3, 0.4) is 0 Å². The summed E-state index contributed by atoms with van der Waals surface area (Å²) in [5.74, 6) is 1.71. The largest absolute Gasteiger partial charge is 0.493 e. The van der Waals surface area contributed by atoms with Crippen molar-refractivity contribution in [2.24, 2.45) is 5.92 Å². The van der Waals surface area contributed by atoms with Crippen molar-refractivity contribution in [1.29, 1.82) is 0 Å². The van der Waals surface area contributed by atoms with Gasteiger partial charge in [-0.2, -0.15) is 0 Å². The Kier molecular flexibility index (Phi) is 7.10. The molecule has 0 aromatic heterocycles. The molecule has 0 spiro atoms. The van der Waals surface area contributed by atoms with Gasteiger partial charge in [-0.1, -0.05) is 30.3 Å². The fourth-order valence-corrected chi connectivity index (χ4v) is 4.00. The Morgan fingerprint density at radius 3 is 2.46 bits per heavy atom. The first-order chi connectivity index (χ1) is 13.6. The Balaban J connectivity index is 1.50. The second-order valence-electron chi connectivity index (χ2n) is 7.65. The molecule has 2 aromatic rings. The van der Waals surface area contributed by atoms with Crippen LogP contribution in [-0.2, 0) is 12.8 Å². The van der Waals surface area contributed by atoms with E-state index in [-0.39, 0.29) is 11.7 Å². The number of rotatable bonds is 9. The van der Waals surface area contributed by atoms with E-state index in [1.807, 2.05) is 12.1 Å². The highest BCUT2D eigenvalue weighted by Crippen LogP contribution is 2.36. The molecule has 0 amide bonds. The lowest BCUT2D eigenvalue weighted by Crippen LogP contribution is -2.26. The van der Waals surface area contributed by atoms with E-state index in [0.29, 0.717) is 11.5 Å². The molecule has 0 saturated carbocycles. The number of nitrogens with zero attached hydrogens (tertiary/aromatic N) is 1. The number of aryl methyl sites for hydroxylation is 1. The van der Waals surface area contributed by atoms with Gasteiger partial charge in [-0.25, -0.2) is 0 Å². The first kappa shape index (κ1) is 20.4. The number of benzene rings is 2. The lowest BCUT2D eigenvalue weighted by atomic mass is 9.80. The van der Waals surface area contributed by atoms with Crippen molar-refractivity contribution in [3.8, 4) is 11.5 Å². The lowest BCUT2D eigenvalue weighted by molar-refractivity contribution is 0.0890. The summed E-state index contributed by atoms with van der Waals surface area (Å²) < 4.78 is 10.7. The Hall–Kier alpha value is -2.33. The number of fused-ring (bicyclic) bond motifs is 1. The SMILES string of the molecule is COc1cc2c(cc1OC)C(=O)C(CCCN(C)CCc1ccccc1)CC2. The van der Waals surface area contributed by atoms with Crippen LogP contribution in [0.5, 0.6) is 11.5 Å². The van der Waals surface area contributed by atoms with Crippen LogP contribution < -0.4 is 9.47 Å². The minimum absolute atomic E-state index is 0.119. The van der Waals surface area contributed by atoms with Crippen LogP contribution in [-0.4, -0.2) is 45.0 Å². The number of likely N-dealkylation sites (N-methyl/N-ethyl adjacent to an activating group) is 1. The highest BCUT2D eigenvalue weighted by Gasteiger charge is 2.28. The predicted octanol–water partition coefficient (Wildman–Crippen LogP) is 4.40. The maximum absolute atomic E-state index is 13.0. The predicted molar refractivity (Wildman–Crippen MR) is 113 cm³/mol. The molecule has 150 valence electrons. The van der Waals surface area contributed by atoms with E-state index >= 15 is 0 Å². The summed E-state index contributed by atoms with van der Waals surface area (Å²) in [6.45, 7) is 2.07. The highest BCUT2D eigenvalue weighted by molar-refractivity contribution is 6.00. The molecule has 0 N–H and O–H groups in total. The number of carbonyl (C=O) groups is 1. The van der Waals surface area contributed by atoms with Gasteiger partial charge in [-0.05, 0) is 69.0 Å². The van der Waals surface area contributed by atoms with Gasteiger partial charge in [0.2, 0.25) is 0 Å². The first-order valence-corrected chi connectivity index (χ1v) is 10.1. The molecule has 0 saturated heterocycles. The van der Waals surface area contributed by atoms with Crippen molar-refractivity contribution in [3.05, 3.63) is 59.2 Å². The molecule has 1 aliphatic carbocycles. The quantitative estimate of drug-likeness (QED) is 0.645. The Bertz CT molecular complexity index is 788. The van der Waals surface area contributed by atoms with E-state index in [9.17, 15) is 4.79 Å².